The highest BCUT2D eigenvalue weighted by molar-refractivity contribution is 4.89. The maximum atomic E-state index is 5.77. The Morgan fingerprint density at radius 2 is 1.29 bits per heavy atom. The van der Waals surface area contributed by atoms with Gasteiger partial charge >= 0.3 is 0 Å². The van der Waals surface area contributed by atoms with Gasteiger partial charge in [-0.1, -0.05) is 20.8 Å². The van der Waals surface area contributed by atoms with Gasteiger partial charge in [0.2, 0.25) is 5.79 Å². The van der Waals surface area contributed by atoms with Crippen LogP contribution in [0.5, 0.6) is 0 Å². The van der Waals surface area contributed by atoms with Gasteiger partial charge < -0.3 is 0 Å². The molecule has 1 fully saturated rings. The average Bonchev–Trinajstić information content (AvgIpc) is 2.27. The number of hydrogen-bond acceptors (Lipinski definition) is 4. The molecule has 0 amide bonds. The summed E-state index contributed by atoms with van der Waals surface area (Å²) in [6.45, 7) is 18.5. The third kappa shape index (κ3) is 6.23. The van der Waals surface area contributed by atoms with Crippen LogP contribution in [-0.4, -0.2) is 17.0 Å². The van der Waals surface area contributed by atoms with Gasteiger partial charge in [0.05, 0.1) is 11.2 Å². The molecule has 21 heavy (non-hydrogen) atoms. The number of rotatable bonds is 4. The molecular formula is C17H34O4. The van der Waals surface area contributed by atoms with Crippen molar-refractivity contribution in [3.05, 3.63) is 0 Å². The molecule has 1 saturated carbocycles. The Labute approximate surface area is 130 Å². The van der Waals surface area contributed by atoms with Crippen molar-refractivity contribution in [2.24, 2.45) is 11.3 Å². The highest BCUT2D eigenvalue weighted by Crippen LogP contribution is 2.48. The lowest BCUT2D eigenvalue weighted by atomic mass is 9.67. The van der Waals surface area contributed by atoms with Crippen molar-refractivity contribution in [1.82, 2.24) is 0 Å². The second-order valence-corrected chi connectivity index (χ2v) is 9.07. The SMILES string of the molecule is CC1CCC(OOC(C)(C)C)(OOC(C)(C)C)CC1(C)C. The van der Waals surface area contributed by atoms with E-state index in [-0.39, 0.29) is 16.6 Å². The topological polar surface area (TPSA) is 36.9 Å². The molecule has 4 nitrogen and oxygen atoms in total. The lowest BCUT2D eigenvalue weighted by Crippen LogP contribution is -2.49. The van der Waals surface area contributed by atoms with Crippen LogP contribution in [0.3, 0.4) is 0 Å². The van der Waals surface area contributed by atoms with Crippen LogP contribution in [-0.2, 0) is 19.6 Å². The molecule has 0 spiro atoms. The molecule has 0 saturated heterocycles. The first-order valence-corrected chi connectivity index (χ1v) is 7.98. The fourth-order valence-corrected chi connectivity index (χ4v) is 2.34. The maximum absolute atomic E-state index is 5.77. The van der Waals surface area contributed by atoms with Gasteiger partial charge in [0.25, 0.3) is 0 Å². The van der Waals surface area contributed by atoms with Gasteiger partial charge in [-0.15, -0.1) is 0 Å². The monoisotopic (exact) mass is 302 g/mol. The Bertz CT molecular complexity index is 318. The van der Waals surface area contributed by atoms with E-state index in [0.717, 1.165) is 19.3 Å². The van der Waals surface area contributed by atoms with Crippen LogP contribution in [0.1, 0.15) is 81.6 Å². The van der Waals surface area contributed by atoms with Crippen LogP contribution in [0.2, 0.25) is 0 Å². The molecule has 0 N–H and O–H groups in total. The minimum absolute atomic E-state index is 0.112. The molecule has 1 rings (SSSR count). The predicted octanol–water partition coefficient (Wildman–Crippen LogP) is 5.02. The summed E-state index contributed by atoms with van der Waals surface area (Å²) in [7, 11) is 0. The summed E-state index contributed by atoms with van der Waals surface area (Å²) in [4.78, 5) is 22.7. The lowest BCUT2D eigenvalue weighted by Gasteiger charge is -2.46. The van der Waals surface area contributed by atoms with Crippen LogP contribution >= 0.6 is 0 Å². The van der Waals surface area contributed by atoms with Crippen molar-refractivity contribution in [2.75, 3.05) is 0 Å². The zero-order chi connectivity index (χ0) is 16.5. The molecule has 126 valence electrons. The summed E-state index contributed by atoms with van der Waals surface area (Å²) in [6, 6.07) is 0. The first-order chi connectivity index (χ1) is 9.25. The molecule has 0 aliphatic heterocycles. The van der Waals surface area contributed by atoms with Gasteiger partial charge in [0.1, 0.15) is 0 Å². The zero-order valence-electron chi connectivity index (χ0n) is 15.3. The van der Waals surface area contributed by atoms with E-state index in [1.807, 2.05) is 41.5 Å². The molecule has 0 radical (unpaired) electrons. The van der Waals surface area contributed by atoms with E-state index in [9.17, 15) is 0 Å². The molecule has 1 aliphatic carbocycles. The Kier molecular flexibility index (Phi) is 5.53. The van der Waals surface area contributed by atoms with Crippen molar-refractivity contribution in [3.63, 3.8) is 0 Å². The quantitative estimate of drug-likeness (QED) is 0.415. The summed E-state index contributed by atoms with van der Waals surface area (Å²) in [6.07, 6.45) is 2.53. The van der Waals surface area contributed by atoms with E-state index in [1.165, 1.54) is 0 Å². The van der Waals surface area contributed by atoms with Crippen molar-refractivity contribution in [3.8, 4) is 0 Å². The van der Waals surface area contributed by atoms with Gasteiger partial charge in [-0.25, -0.2) is 9.78 Å². The minimum atomic E-state index is -0.837. The lowest BCUT2D eigenvalue weighted by molar-refractivity contribution is -0.550. The molecule has 1 unspecified atom stereocenters. The average molecular weight is 302 g/mol. The fourth-order valence-electron chi connectivity index (χ4n) is 2.34. The van der Waals surface area contributed by atoms with Gasteiger partial charge in [-0.3, -0.25) is 0 Å². The molecule has 0 heterocycles. The molecule has 0 aromatic rings. The second-order valence-electron chi connectivity index (χ2n) is 9.07. The Morgan fingerprint density at radius 3 is 1.62 bits per heavy atom. The summed E-state index contributed by atoms with van der Waals surface area (Å²) < 4.78 is 0. The van der Waals surface area contributed by atoms with E-state index >= 15 is 0 Å². The smallest absolute Gasteiger partial charge is 0.228 e. The predicted molar refractivity (Wildman–Crippen MR) is 83.4 cm³/mol. The first-order valence-electron chi connectivity index (χ1n) is 7.98. The maximum Gasteiger partial charge on any atom is 0.234 e. The van der Waals surface area contributed by atoms with Crippen LogP contribution in [0.25, 0.3) is 0 Å². The molecule has 1 aliphatic rings. The van der Waals surface area contributed by atoms with Gasteiger partial charge in [-0.05, 0) is 59.3 Å². The zero-order valence-corrected chi connectivity index (χ0v) is 15.3. The van der Waals surface area contributed by atoms with E-state index < -0.39 is 5.79 Å². The highest BCUT2D eigenvalue weighted by Gasteiger charge is 2.48. The first kappa shape index (κ1) is 18.9. The van der Waals surface area contributed by atoms with Crippen molar-refractivity contribution in [2.45, 2.75) is 98.6 Å². The Hall–Kier alpha value is -0.160. The van der Waals surface area contributed by atoms with Crippen molar-refractivity contribution >= 4 is 0 Å². The van der Waals surface area contributed by atoms with Crippen LogP contribution in [0, 0.1) is 11.3 Å². The normalized spacial score (nSPS) is 25.9. The molecule has 0 aromatic heterocycles. The highest BCUT2D eigenvalue weighted by atomic mass is 17.3. The van der Waals surface area contributed by atoms with Crippen LogP contribution in [0.15, 0.2) is 0 Å². The van der Waals surface area contributed by atoms with E-state index in [2.05, 4.69) is 20.8 Å². The Morgan fingerprint density at radius 1 is 0.857 bits per heavy atom. The summed E-state index contributed by atoms with van der Waals surface area (Å²) in [5.41, 5.74) is -0.655. The van der Waals surface area contributed by atoms with Crippen LogP contribution < -0.4 is 0 Å². The third-order valence-electron chi connectivity index (χ3n) is 3.90. The summed E-state index contributed by atoms with van der Waals surface area (Å²) in [5.74, 6) is -0.224. The second kappa shape index (κ2) is 6.15. The van der Waals surface area contributed by atoms with Crippen molar-refractivity contribution < 1.29 is 19.6 Å². The molecule has 1 atom stereocenters. The standard InChI is InChI=1S/C17H34O4/c1-13-10-11-17(12-16(13,8)9,20-18-14(2,3)4)21-19-15(5,6)7/h13H,10-12H2,1-9H3. The molecule has 0 aromatic carbocycles. The van der Waals surface area contributed by atoms with E-state index in [4.69, 9.17) is 19.6 Å². The summed E-state index contributed by atoms with van der Waals surface area (Å²) in [5, 5.41) is 0. The number of hydrogen-bond donors (Lipinski definition) is 0. The van der Waals surface area contributed by atoms with Gasteiger partial charge in [0, 0.05) is 12.8 Å². The molecule has 4 heteroatoms. The largest absolute Gasteiger partial charge is 0.234 e. The van der Waals surface area contributed by atoms with Gasteiger partial charge in [-0.2, -0.15) is 9.78 Å². The van der Waals surface area contributed by atoms with Gasteiger partial charge in [0.15, 0.2) is 0 Å². The third-order valence-corrected chi connectivity index (χ3v) is 3.90. The fraction of sp³-hybridized carbons (Fsp3) is 1.00. The Balaban J connectivity index is 2.84. The summed E-state index contributed by atoms with van der Waals surface area (Å²) >= 11 is 0. The van der Waals surface area contributed by atoms with E-state index in [1.54, 1.807) is 0 Å². The minimum Gasteiger partial charge on any atom is -0.228 e. The molecule has 0 bridgehead atoms. The molecular weight excluding hydrogens is 268 g/mol. The van der Waals surface area contributed by atoms with E-state index in [0.29, 0.717) is 5.92 Å². The van der Waals surface area contributed by atoms with Crippen molar-refractivity contribution in [1.29, 1.82) is 0 Å². The van der Waals surface area contributed by atoms with Crippen LogP contribution in [0.4, 0.5) is 0 Å².